The van der Waals surface area contributed by atoms with Crippen molar-refractivity contribution in [3.8, 4) is 0 Å². The molecular formula is C15H15N3O3S. The fourth-order valence-corrected chi connectivity index (χ4v) is 2.74. The molecule has 114 valence electrons. The van der Waals surface area contributed by atoms with Crippen LogP contribution in [0.5, 0.6) is 0 Å². The van der Waals surface area contributed by atoms with Gasteiger partial charge in [0.05, 0.1) is 4.90 Å². The van der Waals surface area contributed by atoms with Gasteiger partial charge in [-0.2, -0.15) is 0 Å². The third kappa shape index (κ3) is 4.00. The Kier molecular flexibility index (Phi) is 5.03. The Balaban J connectivity index is 2.21. The van der Waals surface area contributed by atoms with Crippen molar-refractivity contribution in [2.75, 3.05) is 11.9 Å². The number of benzene rings is 1. The fourth-order valence-electron chi connectivity index (χ4n) is 1.69. The van der Waals surface area contributed by atoms with E-state index in [0.29, 0.717) is 5.69 Å². The number of aromatic nitrogens is 1. The number of hydrogen-bond donors (Lipinski definition) is 2. The average molecular weight is 317 g/mol. The third-order valence-corrected chi connectivity index (χ3v) is 4.18. The van der Waals surface area contributed by atoms with Gasteiger partial charge in [-0.25, -0.2) is 13.1 Å². The number of rotatable bonds is 6. The van der Waals surface area contributed by atoms with Gasteiger partial charge in [0.15, 0.2) is 0 Å². The van der Waals surface area contributed by atoms with Crippen molar-refractivity contribution >= 4 is 21.6 Å². The van der Waals surface area contributed by atoms with Crippen LogP contribution in [0.15, 0.2) is 66.3 Å². The highest BCUT2D eigenvalue weighted by atomic mass is 32.2. The van der Waals surface area contributed by atoms with Gasteiger partial charge >= 0.3 is 0 Å². The Morgan fingerprint density at radius 2 is 1.95 bits per heavy atom. The summed E-state index contributed by atoms with van der Waals surface area (Å²) < 4.78 is 26.4. The average Bonchev–Trinajstić information content (AvgIpc) is 2.54. The largest absolute Gasteiger partial charge is 0.322 e. The monoisotopic (exact) mass is 317 g/mol. The van der Waals surface area contributed by atoms with Crippen molar-refractivity contribution in [1.29, 1.82) is 0 Å². The van der Waals surface area contributed by atoms with Crippen LogP contribution >= 0.6 is 0 Å². The third-order valence-electron chi connectivity index (χ3n) is 2.76. The maximum Gasteiger partial charge on any atom is 0.255 e. The number of nitrogens with one attached hydrogen (secondary N) is 2. The maximum absolute atomic E-state index is 12.1. The van der Waals surface area contributed by atoms with E-state index in [1.54, 1.807) is 30.6 Å². The lowest BCUT2D eigenvalue weighted by Gasteiger charge is -2.08. The molecule has 0 aliphatic rings. The Hall–Kier alpha value is -2.51. The molecule has 1 aromatic carbocycles. The second-order valence-corrected chi connectivity index (χ2v) is 6.13. The molecule has 2 aromatic rings. The minimum atomic E-state index is -3.66. The van der Waals surface area contributed by atoms with E-state index < -0.39 is 15.9 Å². The summed E-state index contributed by atoms with van der Waals surface area (Å²) in [6.45, 7) is 3.57. The fraction of sp³-hybridized carbons (Fsp3) is 0.0667. The van der Waals surface area contributed by atoms with E-state index >= 15 is 0 Å². The molecule has 1 amide bonds. The van der Waals surface area contributed by atoms with Gasteiger partial charge in [0.25, 0.3) is 5.91 Å². The number of carbonyl (C=O) groups excluding carboxylic acids is 1. The minimum Gasteiger partial charge on any atom is -0.322 e. The minimum absolute atomic E-state index is 0.0247. The van der Waals surface area contributed by atoms with Crippen molar-refractivity contribution in [3.05, 3.63) is 67.0 Å². The Morgan fingerprint density at radius 3 is 2.64 bits per heavy atom. The molecule has 22 heavy (non-hydrogen) atoms. The van der Waals surface area contributed by atoms with Crippen molar-refractivity contribution in [2.45, 2.75) is 4.90 Å². The standard InChI is InChI=1S/C15H15N3O3S/c1-2-8-17-22(20,21)14-5-3-4-12(11-14)15(19)18-13-6-9-16-10-7-13/h2-7,9-11,17H,1,8H2,(H,16,18,19). The number of hydrogen-bond acceptors (Lipinski definition) is 4. The Labute approximate surface area is 129 Å². The molecule has 2 rings (SSSR count). The van der Waals surface area contributed by atoms with Crippen LogP contribution in [0.25, 0.3) is 0 Å². The zero-order valence-electron chi connectivity index (χ0n) is 11.7. The molecule has 6 nitrogen and oxygen atoms in total. The lowest BCUT2D eigenvalue weighted by molar-refractivity contribution is 0.102. The smallest absolute Gasteiger partial charge is 0.255 e. The summed E-state index contributed by atoms with van der Waals surface area (Å²) in [6, 6.07) is 9.10. The molecule has 0 saturated heterocycles. The van der Waals surface area contributed by atoms with Crippen LogP contribution in [-0.2, 0) is 10.0 Å². The van der Waals surface area contributed by atoms with E-state index in [4.69, 9.17) is 0 Å². The van der Waals surface area contributed by atoms with Gasteiger partial charge in [0, 0.05) is 30.2 Å². The summed E-state index contributed by atoms with van der Waals surface area (Å²) in [5, 5.41) is 2.67. The highest BCUT2D eigenvalue weighted by Crippen LogP contribution is 2.13. The van der Waals surface area contributed by atoms with Gasteiger partial charge in [0.1, 0.15) is 0 Å². The predicted octanol–water partition coefficient (Wildman–Crippen LogP) is 1.80. The lowest BCUT2D eigenvalue weighted by Crippen LogP contribution is -2.24. The summed E-state index contributed by atoms with van der Waals surface area (Å²) >= 11 is 0. The second-order valence-electron chi connectivity index (χ2n) is 4.36. The van der Waals surface area contributed by atoms with E-state index in [2.05, 4.69) is 21.6 Å². The van der Waals surface area contributed by atoms with Gasteiger partial charge in [0.2, 0.25) is 10.0 Å². The topological polar surface area (TPSA) is 88.2 Å². The maximum atomic E-state index is 12.1. The molecule has 0 unspecified atom stereocenters. The molecule has 1 heterocycles. The molecule has 0 saturated carbocycles. The molecule has 0 bridgehead atoms. The summed E-state index contributed by atoms with van der Waals surface area (Å²) in [6.07, 6.45) is 4.54. The molecule has 1 aromatic heterocycles. The van der Waals surface area contributed by atoms with Crippen molar-refractivity contribution < 1.29 is 13.2 Å². The number of sulfonamides is 1. The summed E-state index contributed by atoms with van der Waals surface area (Å²) in [4.78, 5) is 16.0. The predicted molar refractivity (Wildman–Crippen MR) is 84.0 cm³/mol. The van der Waals surface area contributed by atoms with Crippen LogP contribution < -0.4 is 10.0 Å². The van der Waals surface area contributed by atoms with Crippen molar-refractivity contribution in [2.24, 2.45) is 0 Å². The highest BCUT2D eigenvalue weighted by Gasteiger charge is 2.15. The molecule has 0 radical (unpaired) electrons. The molecule has 7 heteroatoms. The number of carbonyl (C=O) groups is 1. The van der Waals surface area contributed by atoms with Crippen LogP contribution in [0.2, 0.25) is 0 Å². The quantitative estimate of drug-likeness (QED) is 0.795. The van der Waals surface area contributed by atoms with E-state index in [9.17, 15) is 13.2 Å². The zero-order valence-corrected chi connectivity index (χ0v) is 12.5. The first kappa shape index (κ1) is 15.9. The number of amides is 1. The van der Waals surface area contributed by atoms with E-state index in [1.807, 2.05) is 0 Å². The number of anilines is 1. The van der Waals surface area contributed by atoms with Gasteiger partial charge < -0.3 is 5.32 Å². The van der Waals surface area contributed by atoms with Crippen LogP contribution in [0.1, 0.15) is 10.4 Å². The first-order valence-electron chi connectivity index (χ1n) is 6.45. The van der Waals surface area contributed by atoms with Crippen molar-refractivity contribution in [3.63, 3.8) is 0 Å². The van der Waals surface area contributed by atoms with Gasteiger partial charge in [-0.1, -0.05) is 12.1 Å². The SMILES string of the molecule is C=CCNS(=O)(=O)c1cccc(C(=O)Nc2ccncc2)c1. The summed E-state index contributed by atoms with van der Waals surface area (Å²) in [5.74, 6) is -0.396. The molecule has 2 N–H and O–H groups in total. The van der Waals surface area contributed by atoms with Crippen LogP contribution in [0.3, 0.4) is 0 Å². The molecule has 0 atom stereocenters. The first-order valence-corrected chi connectivity index (χ1v) is 7.93. The molecule has 0 fully saturated rings. The van der Waals surface area contributed by atoms with Gasteiger partial charge in [-0.3, -0.25) is 9.78 Å². The molecule has 0 aliphatic carbocycles. The Morgan fingerprint density at radius 1 is 1.23 bits per heavy atom. The van der Waals surface area contributed by atoms with E-state index in [0.717, 1.165) is 0 Å². The van der Waals surface area contributed by atoms with Crippen LogP contribution in [-0.4, -0.2) is 25.9 Å². The molecule has 0 spiro atoms. The molecule has 0 aliphatic heterocycles. The highest BCUT2D eigenvalue weighted by molar-refractivity contribution is 7.89. The van der Waals surface area contributed by atoms with Gasteiger partial charge in [-0.15, -0.1) is 6.58 Å². The van der Waals surface area contributed by atoms with Gasteiger partial charge in [-0.05, 0) is 30.3 Å². The van der Waals surface area contributed by atoms with E-state index in [1.165, 1.54) is 24.3 Å². The Bertz CT molecular complexity index is 774. The van der Waals surface area contributed by atoms with Crippen molar-refractivity contribution in [1.82, 2.24) is 9.71 Å². The first-order chi connectivity index (χ1) is 10.5. The summed E-state index contributed by atoms with van der Waals surface area (Å²) in [7, 11) is -3.66. The molecular weight excluding hydrogens is 302 g/mol. The van der Waals surface area contributed by atoms with E-state index in [-0.39, 0.29) is 17.0 Å². The summed E-state index contributed by atoms with van der Waals surface area (Å²) in [5.41, 5.74) is 0.830. The second kappa shape index (κ2) is 6.97. The van der Waals surface area contributed by atoms with Crippen LogP contribution in [0.4, 0.5) is 5.69 Å². The lowest BCUT2D eigenvalue weighted by atomic mass is 10.2. The normalized spacial score (nSPS) is 10.9. The number of pyridine rings is 1. The zero-order chi connectivity index (χ0) is 16.0. The number of nitrogens with zero attached hydrogens (tertiary/aromatic N) is 1. The van der Waals surface area contributed by atoms with Crippen LogP contribution in [0, 0.1) is 0 Å².